The minimum atomic E-state index is -0.194. The fourth-order valence-corrected chi connectivity index (χ4v) is 4.07. The van der Waals surface area contributed by atoms with Crippen LogP contribution in [0.3, 0.4) is 0 Å². The van der Waals surface area contributed by atoms with Gasteiger partial charge in [-0.3, -0.25) is 4.79 Å². The predicted molar refractivity (Wildman–Crippen MR) is 107 cm³/mol. The number of benzene rings is 2. The van der Waals surface area contributed by atoms with Gasteiger partial charge in [0.15, 0.2) is 0 Å². The molecule has 2 heterocycles. The summed E-state index contributed by atoms with van der Waals surface area (Å²) in [6.45, 7) is 1.95. The maximum absolute atomic E-state index is 12.8. The molecule has 1 amide bonds. The van der Waals surface area contributed by atoms with E-state index in [1.165, 1.54) is 29.5 Å². The fourth-order valence-electron chi connectivity index (χ4n) is 4.07. The third kappa shape index (κ3) is 2.79. The number of hydrogen-bond donors (Lipinski definition) is 3. The third-order valence-electron chi connectivity index (χ3n) is 5.53. The van der Waals surface area contributed by atoms with Crippen LogP contribution in [0, 0.1) is 0 Å². The molecule has 0 spiro atoms. The van der Waals surface area contributed by atoms with Crippen LogP contribution in [0.5, 0.6) is 0 Å². The van der Waals surface area contributed by atoms with E-state index in [4.69, 9.17) is 0 Å². The Labute approximate surface area is 157 Å². The van der Waals surface area contributed by atoms with Gasteiger partial charge in [-0.2, -0.15) is 0 Å². The third-order valence-corrected chi connectivity index (χ3v) is 5.53. The van der Waals surface area contributed by atoms with Crippen LogP contribution in [0.15, 0.2) is 42.5 Å². The molecule has 2 aromatic heterocycles. The van der Waals surface area contributed by atoms with Gasteiger partial charge in [0.2, 0.25) is 0 Å². The topological polar surface area (TPSA) is 73.6 Å². The second kappa shape index (κ2) is 6.27. The Kier molecular flexibility index (Phi) is 3.74. The zero-order valence-corrected chi connectivity index (χ0v) is 15.3. The Balaban J connectivity index is 1.41. The average Bonchev–Trinajstić information content (AvgIpc) is 3.28. The molecule has 5 heteroatoms. The van der Waals surface area contributed by atoms with E-state index in [0.29, 0.717) is 5.56 Å². The van der Waals surface area contributed by atoms with Crippen LogP contribution >= 0.6 is 0 Å². The van der Waals surface area contributed by atoms with Crippen LogP contribution in [0.4, 0.5) is 0 Å². The van der Waals surface area contributed by atoms with Gasteiger partial charge in [-0.05, 0) is 68.5 Å². The first-order valence-electron chi connectivity index (χ1n) is 9.58. The minimum Gasteiger partial charge on any atom is -0.358 e. The maximum atomic E-state index is 12.8. The number of nitrogens with zero attached hydrogens (tertiary/aromatic N) is 1. The molecular weight excluding hydrogens is 336 g/mol. The van der Waals surface area contributed by atoms with Crippen molar-refractivity contribution < 1.29 is 4.79 Å². The normalized spacial score (nSPS) is 15.0. The Hall–Kier alpha value is -3.08. The molecule has 5 nitrogen and oxygen atoms in total. The van der Waals surface area contributed by atoms with Crippen molar-refractivity contribution in [2.45, 2.75) is 38.6 Å². The van der Waals surface area contributed by atoms with Crippen molar-refractivity contribution in [3.05, 3.63) is 65.1 Å². The highest BCUT2D eigenvalue weighted by molar-refractivity contribution is 5.99. The number of aromatic nitrogens is 3. The van der Waals surface area contributed by atoms with Gasteiger partial charge in [-0.25, -0.2) is 4.98 Å². The first-order valence-corrected chi connectivity index (χ1v) is 9.58. The van der Waals surface area contributed by atoms with Gasteiger partial charge in [0.25, 0.3) is 5.91 Å². The van der Waals surface area contributed by atoms with Crippen LogP contribution < -0.4 is 5.32 Å². The summed E-state index contributed by atoms with van der Waals surface area (Å²) in [6.07, 6.45) is 4.66. The van der Waals surface area contributed by atoms with Crippen molar-refractivity contribution in [3.63, 3.8) is 0 Å². The largest absolute Gasteiger partial charge is 0.358 e. The van der Waals surface area contributed by atoms with E-state index in [-0.39, 0.29) is 11.9 Å². The van der Waals surface area contributed by atoms with E-state index in [2.05, 4.69) is 20.3 Å². The number of carbonyl (C=O) groups excluding carboxylic acids is 1. The van der Waals surface area contributed by atoms with Crippen molar-refractivity contribution >= 4 is 27.8 Å². The van der Waals surface area contributed by atoms with Crippen LogP contribution in [0.25, 0.3) is 21.9 Å². The van der Waals surface area contributed by atoms with Crippen LogP contribution in [0.1, 0.15) is 53.2 Å². The summed E-state index contributed by atoms with van der Waals surface area (Å²) in [5, 5.41) is 4.26. The highest BCUT2D eigenvalue weighted by atomic mass is 16.1. The summed E-state index contributed by atoms with van der Waals surface area (Å²) >= 11 is 0. The summed E-state index contributed by atoms with van der Waals surface area (Å²) < 4.78 is 0. The molecule has 0 fully saturated rings. The smallest absolute Gasteiger partial charge is 0.251 e. The molecule has 3 N–H and O–H groups in total. The van der Waals surface area contributed by atoms with Crippen molar-refractivity contribution in [1.82, 2.24) is 20.3 Å². The number of nitrogens with one attached hydrogen (secondary N) is 3. The Morgan fingerprint density at radius 2 is 1.93 bits per heavy atom. The molecule has 4 aromatic rings. The lowest BCUT2D eigenvalue weighted by Gasteiger charge is -2.12. The zero-order chi connectivity index (χ0) is 18.4. The molecule has 0 aliphatic heterocycles. The van der Waals surface area contributed by atoms with E-state index < -0.39 is 0 Å². The number of para-hydroxylation sites is 2. The van der Waals surface area contributed by atoms with E-state index in [0.717, 1.165) is 35.2 Å². The summed E-state index contributed by atoms with van der Waals surface area (Å²) in [5.41, 5.74) is 6.44. The minimum absolute atomic E-state index is 0.0735. The number of rotatable bonds is 3. The second-order valence-corrected chi connectivity index (χ2v) is 7.38. The molecule has 2 aromatic carbocycles. The lowest BCUT2D eigenvalue weighted by Crippen LogP contribution is -2.27. The quantitative estimate of drug-likeness (QED) is 0.507. The van der Waals surface area contributed by atoms with Gasteiger partial charge in [0.1, 0.15) is 5.82 Å². The summed E-state index contributed by atoms with van der Waals surface area (Å²) in [4.78, 5) is 24.2. The SMILES string of the molecule is CC(NC(=O)c1ccc2[nH]c3c(c2c1)CCCC3)c1nc2ccccc2[nH]1. The number of carbonyl (C=O) groups is 1. The lowest BCUT2D eigenvalue weighted by atomic mass is 9.95. The summed E-state index contributed by atoms with van der Waals surface area (Å²) in [5.74, 6) is 0.695. The van der Waals surface area contributed by atoms with E-state index in [1.54, 1.807) is 0 Å². The standard InChI is InChI=1S/C22H22N4O/c1-13(21-25-19-8-4-5-9-20(19)26-21)23-22(27)14-10-11-18-16(12-14)15-6-2-3-7-17(15)24-18/h4-5,8-13,24H,2-3,6-7H2,1H3,(H,23,27)(H,25,26). The lowest BCUT2D eigenvalue weighted by molar-refractivity contribution is 0.0938. The number of H-pyrrole nitrogens is 2. The van der Waals surface area contributed by atoms with Gasteiger partial charge in [-0.1, -0.05) is 12.1 Å². The number of imidazole rings is 1. The van der Waals surface area contributed by atoms with Crippen molar-refractivity contribution in [2.24, 2.45) is 0 Å². The number of aryl methyl sites for hydroxylation is 2. The molecule has 0 bridgehead atoms. The van der Waals surface area contributed by atoms with Gasteiger partial charge in [0.05, 0.1) is 17.1 Å². The molecule has 1 atom stereocenters. The molecule has 0 saturated carbocycles. The van der Waals surface area contributed by atoms with Gasteiger partial charge in [-0.15, -0.1) is 0 Å². The van der Waals surface area contributed by atoms with Crippen LogP contribution in [-0.2, 0) is 12.8 Å². The Bertz CT molecular complexity index is 1120. The van der Waals surface area contributed by atoms with Gasteiger partial charge < -0.3 is 15.3 Å². The highest BCUT2D eigenvalue weighted by Crippen LogP contribution is 2.29. The molecule has 0 radical (unpaired) electrons. The predicted octanol–water partition coefficient (Wildman–Crippen LogP) is 4.41. The number of hydrogen-bond acceptors (Lipinski definition) is 2. The second-order valence-electron chi connectivity index (χ2n) is 7.38. The first-order chi connectivity index (χ1) is 13.2. The highest BCUT2D eigenvalue weighted by Gasteiger charge is 2.18. The fraction of sp³-hybridized carbons (Fsp3) is 0.273. The summed E-state index contributed by atoms with van der Waals surface area (Å²) in [7, 11) is 0. The monoisotopic (exact) mass is 358 g/mol. The van der Waals surface area contributed by atoms with E-state index >= 15 is 0 Å². The number of fused-ring (bicyclic) bond motifs is 4. The van der Waals surface area contributed by atoms with Crippen molar-refractivity contribution in [3.8, 4) is 0 Å². The number of amides is 1. The maximum Gasteiger partial charge on any atom is 0.251 e. The van der Waals surface area contributed by atoms with Crippen molar-refractivity contribution in [1.29, 1.82) is 0 Å². The van der Waals surface area contributed by atoms with Gasteiger partial charge in [0, 0.05) is 22.2 Å². The van der Waals surface area contributed by atoms with Crippen LogP contribution in [-0.4, -0.2) is 20.9 Å². The molecule has 5 rings (SSSR count). The first kappa shape index (κ1) is 16.1. The van der Waals surface area contributed by atoms with Crippen LogP contribution in [0.2, 0.25) is 0 Å². The van der Waals surface area contributed by atoms with Crippen molar-refractivity contribution in [2.75, 3.05) is 0 Å². The molecule has 0 saturated heterocycles. The molecule has 136 valence electrons. The number of aromatic amines is 2. The average molecular weight is 358 g/mol. The molecule has 1 aliphatic carbocycles. The Morgan fingerprint density at radius 1 is 1.07 bits per heavy atom. The Morgan fingerprint density at radius 3 is 2.81 bits per heavy atom. The molecular formula is C22H22N4O. The van der Waals surface area contributed by atoms with E-state index in [1.807, 2.05) is 49.4 Å². The molecule has 1 aliphatic rings. The summed E-state index contributed by atoms with van der Waals surface area (Å²) in [6, 6.07) is 13.6. The molecule has 27 heavy (non-hydrogen) atoms. The molecule has 1 unspecified atom stereocenters. The zero-order valence-electron chi connectivity index (χ0n) is 15.3. The van der Waals surface area contributed by atoms with Gasteiger partial charge >= 0.3 is 0 Å². The van der Waals surface area contributed by atoms with E-state index in [9.17, 15) is 4.79 Å².